The van der Waals surface area contributed by atoms with Crippen molar-refractivity contribution in [3.8, 4) is 0 Å². The van der Waals surface area contributed by atoms with Gasteiger partial charge in [-0.05, 0) is 38.5 Å². The molecule has 0 spiro atoms. The van der Waals surface area contributed by atoms with Crippen molar-refractivity contribution in [3.63, 3.8) is 0 Å². The maximum atomic E-state index is 13.9. The van der Waals surface area contributed by atoms with Gasteiger partial charge in [-0.2, -0.15) is 0 Å². The van der Waals surface area contributed by atoms with Crippen molar-refractivity contribution >= 4 is 28.0 Å². The summed E-state index contributed by atoms with van der Waals surface area (Å²) in [6.07, 6.45) is -0.800. The molecule has 0 heterocycles. The average Bonchev–Trinajstić information content (AvgIpc) is 2.37. The molecule has 0 radical (unpaired) electrons. The molecule has 0 aliphatic carbocycles. The first-order chi connectivity index (χ1) is 10.1. The maximum absolute atomic E-state index is 13.9. The number of methoxy groups -OCH3 is 1. The Morgan fingerprint density at radius 2 is 2.00 bits per heavy atom. The number of hydrogen-bond acceptors (Lipinski definition) is 4. The predicted molar refractivity (Wildman–Crippen MR) is 83.0 cm³/mol. The van der Waals surface area contributed by atoms with E-state index in [-0.39, 0.29) is 12.0 Å². The van der Waals surface area contributed by atoms with Crippen LogP contribution in [0.2, 0.25) is 0 Å². The normalized spacial score (nSPS) is 12.5. The fourth-order valence-electron chi connectivity index (χ4n) is 1.69. The molecular weight excluding hydrogens is 357 g/mol. The fraction of sp³-hybridized carbons (Fsp3) is 0.467. The lowest BCUT2D eigenvalue weighted by Gasteiger charge is -2.22. The van der Waals surface area contributed by atoms with Crippen molar-refractivity contribution in [1.82, 2.24) is 5.32 Å². The van der Waals surface area contributed by atoms with E-state index < -0.39 is 29.5 Å². The van der Waals surface area contributed by atoms with Crippen LogP contribution in [0.4, 0.5) is 9.18 Å². The first-order valence-corrected chi connectivity index (χ1v) is 7.43. The van der Waals surface area contributed by atoms with Gasteiger partial charge in [0.2, 0.25) is 0 Å². The van der Waals surface area contributed by atoms with Crippen LogP contribution in [0.5, 0.6) is 0 Å². The highest BCUT2D eigenvalue weighted by Crippen LogP contribution is 2.17. The highest BCUT2D eigenvalue weighted by atomic mass is 79.9. The molecule has 1 amide bonds. The number of esters is 1. The zero-order valence-electron chi connectivity index (χ0n) is 12.9. The SMILES string of the molecule is COC(=O)C(Cc1ccc(Br)cc1F)NC(=O)OC(C)(C)C. The van der Waals surface area contributed by atoms with Crippen LogP contribution in [0.25, 0.3) is 0 Å². The monoisotopic (exact) mass is 375 g/mol. The van der Waals surface area contributed by atoms with E-state index in [9.17, 15) is 14.0 Å². The lowest BCUT2D eigenvalue weighted by Crippen LogP contribution is -2.45. The van der Waals surface area contributed by atoms with Crippen LogP contribution in [0, 0.1) is 5.82 Å². The number of nitrogens with one attached hydrogen (secondary N) is 1. The van der Waals surface area contributed by atoms with Crippen molar-refractivity contribution in [1.29, 1.82) is 0 Å². The second-order valence-corrected chi connectivity index (χ2v) is 6.58. The summed E-state index contributed by atoms with van der Waals surface area (Å²) in [5.41, 5.74) is -0.414. The summed E-state index contributed by atoms with van der Waals surface area (Å²) in [5, 5.41) is 2.40. The van der Waals surface area contributed by atoms with Crippen molar-refractivity contribution in [2.75, 3.05) is 7.11 Å². The highest BCUT2D eigenvalue weighted by Gasteiger charge is 2.26. The Morgan fingerprint density at radius 3 is 2.50 bits per heavy atom. The number of carbonyl (C=O) groups is 2. The smallest absolute Gasteiger partial charge is 0.408 e. The van der Waals surface area contributed by atoms with Crippen molar-refractivity contribution in [3.05, 3.63) is 34.1 Å². The van der Waals surface area contributed by atoms with Crippen LogP contribution in [-0.2, 0) is 20.7 Å². The number of alkyl carbamates (subject to hydrolysis) is 1. The second kappa shape index (κ2) is 7.58. The van der Waals surface area contributed by atoms with Gasteiger partial charge in [-0.1, -0.05) is 22.0 Å². The maximum Gasteiger partial charge on any atom is 0.408 e. The van der Waals surface area contributed by atoms with Crippen LogP contribution in [-0.4, -0.2) is 30.8 Å². The lowest BCUT2D eigenvalue weighted by molar-refractivity contribution is -0.143. The number of rotatable bonds is 4. The summed E-state index contributed by atoms with van der Waals surface area (Å²) in [7, 11) is 1.20. The second-order valence-electron chi connectivity index (χ2n) is 5.66. The highest BCUT2D eigenvalue weighted by molar-refractivity contribution is 9.10. The predicted octanol–water partition coefficient (Wildman–Crippen LogP) is 3.20. The molecule has 0 saturated carbocycles. The van der Waals surface area contributed by atoms with Gasteiger partial charge in [0.25, 0.3) is 0 Å². The van der Waals surface area contributed by atoms with E-state index in [0.717, 1.165) is 0 Å². The van der Waals surface area contributed by atoms with Gasteiger partial charge in [0.05, 0.1) is 7.11 Å². The van der Waals surface area contributed by atoms with Gasteiger partial charge in [0, 0.05) is 10.9 Å². The van der Waals surface area contributed by atoms with Gasteiger partial charge in [0.1, 0.15) is 17.5 Å². The van der Waals surface area contributed by atoms with Crippen molar-refractivity contribution < 1.29 is 23.5 Å². The Labute approximate surface area is 137 Å². The Bertz CT molecular complexity index is 557. The van der Waals surface area contributed by atoms with E-state index in [1.165, 1.54) is 19.2 Å². The minimum absolute atomic E-state index is 0.0367. The molecule has 122 valence electrons. The minimum atomic E-state index is -1.03. The average molecular weight is 376 g/mol. The molecule has 5 nitrogen and oxygen atoms in total. The van der Waals surface area contributed by atoms with Crippen LogP contribution in [0.1, 0.15) is 26.3 Å². The lowest BCUT2D eigenvalue weighted by atomic mass is 10.1. The van der Waals surface area contributed by atoms with Crippen LogP contribution in [0.15, 0.2) is 22.7 Å². The fourth-order valence-corrected chi connectivity index (χ4v) is 2.03. The Hall–Kier alpha value is -1.63. The van der Waals surface area contributed by atoms with Crippen molar-refractivity contribution in [2.45, 2.75) is 38.8 Å². The number of hydrogen-bond donors (Lipinski definition) is 1. The number of halogens is 2. The molecule has 1 unspecified atom stereocenters. The quantitative estimate of drug-likeness (QED) is 0.820. The van der Waals surface area contributed by atoms with E-state index in [4.69, 9.17) is 4.74 Å². The van der Waals surface area contributed by atoms with E-state index in [1.807, 2.05) is 0 Å². The summed E-state index contributed by atoms with van der Waals surface area (Å²) in [4.78, 5) is 23.5. The standard InChI is InChI=1S/C15H19BrFNO4/c1-15(2,3)22-14(20)18-12(13(19)21-4)7-9-5-6-10(16)8-11(9)17/h5-6,8,12H,7H2,1-4H3,(H,18,20). The summed E-state index contributed by atoms with van der Waals surface area (Å²) in [6.45, 7) is 5.11. The Balaban J connectivity index is 2.85. The molecule has 1 N–H and O–H groups in total. The van der Waals surface area contributed by atoms with Gasteiger partial charge >= 0.3 is 12.1 Å². The van der Waals surface area contributed by atoms with Crippen LogP contribution < -0.4 is 5.32 Å². The third-order valence-electron chi connectivity index (χ3n) is 2.62. The summed E-state index contributed by atoms with van der Waals surface area (Å²) >= 11 is 3.16. The third kappa shape index (κ3) is 6.01. The summed E-state index contributed by atoms with van der Waals surface area (Å²) in [6, 6.07) is 3.44. The molecule has 22 heavy (non-hydrogen) atoms. The summed E-state index contributed by atoms with van der Waals surface area (Å²) in [5.74, 6) is -1.15. The van der Waals surface area contributed by atoms with E-state index in [1.54, 1.807) is 26.8 Å². The largest absolute Gasteiger partial charge is 0.467 e. The molecule has 0 bridgehead atoms. The third-order valence-corrected chi connectivity index (χ3v) is 3.11. The van der Waals surface area contributed by atoms with Gasteiger partial charge in [-0.3, -0.25) is 0 Å². The zero-order chi connectivity index (χ0) is 16.9. The molecule has 1 atom stereocenters. The first-order valence-electron chi connectivity index (χ1n) is 6.63. The zero-order valence-corrected chi connectivity index (χ0v) is 14.5. The molecule has 0 aliphatic heterocycles. The molecule has 0 saturated heterocycles. The van der Waals surface area contributed by atoms with Gasteiger partial charge in [0.15, 0.2) is 0 Å². The van der Waals surface area contributed by atoms with E-state index in [2.05, 4.69) is 26.0 Å². The van der Waals surface area contributed by atoms with Gasteiger partial charge in [-0.15, -0.1) is 0 Å². The topological polar surface area (TPSA) is 64.6 Å². The van der Waals surface area contributed by atoms with Gasteiger partial charge < -0.3 is 14.8 Å². The molecule has 1 aromatic rings. The molecule has 0 fully saturated rings. The molecule has 1 rings (SSSR count). The van der Waals surface area contributed by atoms with Crippen LogP contribution in [0.3, 0.4) is 0 Å². The minimum Gasteiger partial charge on any atom is -0.467 e. The number of carbonyl (C=O) groups excluding carboxylic acids is 2. The molecular formula is C15H19BrFNO4. The van der Waals surface area contributed by atoms with Gasteiger partial charge in [-0.25, -0.2) is 14.0 Å². The summed E-state index contributed by atoms with van der Waals surface area (Å²) < 4.78 is 24.2. The Morgan fingerprint density at radius 1 is 1.36 bits per heavy atom. The molecule has 1 aromatic carbocycles. The molecule has 7 heteroatoms. The molecule has 0 aliphatic rings. The number of benzene rings is 1. The van der Waals surface area contributed by atoms with E-state index >= 15 is 0 Å². The Kier molecular flexibility index (Phi) is 6.34. The van der Waals surface area contributed by atoms with Crippen molar-refractivity contribution in [2.24, 2.45) is 0 Å². The van der Waals surface area contributed by atoms with Crippen LogP contribution >= 0.6 is 15.9 Å². The number of ether oxygens (including phenoxy) is 2. The molecule has 0 aromatic heterocycles. The first kappa shape index (κ1) is 18.4. The number of amides is 1. The van der Waals surface area contributed by atoms with E-state index in [0.29, 0.717) is 4.47 Å².